The molecule has 1 N–H and O–H groups in total. The molecule has 1 aromatic heterocycles. The molecular formula is C18H20N4O2. The predicted octanol–water partition coefficient (Wildman–Crippen LogP) is 2.43. The van der Waals surface area contributed by atoms with Crippen molar-refractivity contribution in [2.45, 2.75) is 25.9 Å². The number of hydrogen-bond donors (Lipinski definition) is 1. The number of carbonyl (C=O) groups excluding carboxylic acids is 1. The summed E-state index contributed by atoms with van der Waals surface area (Å²) >= 11 is 0. The fraction of sp³-hybridized carbons (Fsp3) is 0.278. The maximum atomic E-state index is 12.3. The Kier molecular flexibility index (Phi) is 4.74. The SMILES string of the molecule is COc1ccnc(C(=O)NC2=NN(Cc3ccccc3)[C@H](C)C2)c1. The smallest absolute Gasteiger partial charge is 0.275 e. The molecule has 0 spiro atoms. The molecule has 0 radical (unpaired) electrons. The molecule has 2 aromatic rings. The Morgan fingerprint density at radius 3 is 2.88 bits per heavy atom. The largest absolute Gasteiger partial charge is 0.497 e. The van der Waals surface area contributed by atoms with Gasteiger partial charge in [-0.2, -0.15) is 5.10 Å². The molecule has 1 aliphatic heterocycles. The summed E-state index contributed by atoms with van der Waals surface area (Å²) in [6.07, 6.45) is 2.25. The average Bonchev–Trinajstić information content (AvgIpc) is 2.95. The lowest BCUT2D eigenvalue weighted by atomic mass is 10.2. The van der Waals surface area contributed by atoms with Crippen molar-refractivity contribution in [1.29, 1.82) is 0 Å². The van der Waals surface area contributed by atoms with Gasteiger partial charge in [-0.15, -0.1) is 0 Å². The molecule has 6 nitrogen and oxygen atoms in total. The molecule has 0 aliphatic carbocycles. The maximum Gasteiger partial charge on any atom is 0.275 e. The van der Waals surface area contributed by atoms with E-state index in [1.807, 2.05) is 23.2 Å². The van der Waals surface area contributed by atoms with Crippen LogP contribution in [0, 0.1) is 0 Å². The number of ether oxygens (including phenoxy) is 1. The fourth-order valence-corrected chi connectivity index (χ4v) is 2.57. The fourth-order valence-electron chi connectivity index (χ4n) is 2.57. The van der Waals surface area contributed by atoms with Gasteiger partial charge >= 0.3 is 0 Å². The Balaban J connectivity index is 1.66. The highest BCUT2D eigenvalue weighted by Crippen LogP contribution is 2.18. The predicted molar refractivity (Wildman–Crippen MR) is 91.8 cm³/mol. The number of benzene rings is 1. The average molecular weight is 324 g/mol. The van der Waals surface area contributed by atoms with Gasteiger partial charge in [0.25, 0.3) is 5.91 Å². The zero-order chi connectivity index (χ0) is 16.9. The van der Waals surface area contributed by atoms with Gasteiger partial charge < -0.3 is 10.1 Å². The van der Waals surface area contributed by atoms with E-state index in [0.717, 1.165) is 6.54 Å². The highest BCUT2D eigenvalue weighted by molar-refractivity contribution is 6.06. The summed E-state index contributed by atoms with van der Waals surface area (Å²) in [6, 6.07) is 13.7. The third-order valence-electron chi connectivity index (χ3n) is 3.89. The Morgan fingerprint density at radius 2 is 2.12 bits per heavy atom. The van der Waals surface area contributed by atoms with E-state index in [1.54, 1.807) is 25.4 Å². The number of carbonyl (C=O) groups is 1. The van der Waals surface area contributed by atoms with Gasteiger partial charge in [0.15, 0.2) is 0 Å². The van der Waals surface area contributed by atoms with Crippen LogP contribution in [0.1, 0.15) is 29.4 Å². The number of pyridine rings is 1. The monoisotopic (exact) mass is 324 g/mol. The van der Waals surface area contributed by atoms with Gasteiger partial charge in [-0.05, 0) is 18.6 Å². The highest BCUT2D eigenvalue weighted by Gasteiger charge is 2.24. The lowest BCUT2D eigenvalue weighted by molar-refractivity contribution is 0.0971. The minimum atomic E-state index is -0.276. The molecule has 1 atom stereocenters. The van der Waals surface area contributed by atoms with E-state index in [-0.39, 0.29) is 11.9 Å². The van der Waals surface area contributed by atoms with Crippen molar-refractivity contribution in [2.75, 3.05) is 7.11 Å². The molecular weight excluding hydrogens is 304 g/mol. The molecule has 1 amide bonds. The van der Waals surface area contributed by atoms with E-state index >= 15 is 0 Å². The van der Waals surface area contributed by atoms with Crippen molar-refractivity contribution in [2.24, 2.45) is 5.10 Å². The van der Waals surface area contributed by atoms with Crippen LogP contribution in [-0.4, -0.2) is 34.9 Å². The third kappa shape index (κ3) is 3.71. The van der Waals surface area contributed by atoms with Crippen LogP contribution in [0.3, 0.4) is 0 Å². The van der Waals surface area contributed by atoms with Gasteiger partial charge in [0.2, 0.25) is 0 Å². The van der Waals surface area contributed by atoms with E-state index < -0.39 is 0 Å². The van der Waals surface area contributed by atoms with Crippen molar-refractivity contribution < 1.29 is 9.53 Å². The zero-order valence-electron chi connectivity index (χ0n) is 13.8. The standard InChI is InChI=1S/C18H20N4O2/c1-13-10-17(21-22(13)12-14-6-4-3-5-7-14)20-18(23)16-11-15(24-2)8-9-19-16/h3-9,11,13H,10,12H2,1-2H3,(H,20,21,23)/t13-/m1/s1. The first-order chi connectivity index (χ1) is 11.7. The number of nitrogens with zero attached hydrogens (tertiary/aromatic N) is 3. The number of hydrogen-bond acceptors (Lipinski definition) is 5. The van der Waals surface area contributed by atoms with Crippen LogP contribution in [-0.2, 0) is 6.54 Å². The molecule has 0 fully saturated rings. The van der Waals surface area contributed by atoms with Crippen molar-refractivity contribution in [3.63, 3.8) is 0 Å². The van der Waals surface area contributed by atoms with Crippen LogP contribution in [0.25, 0.3) is 0 Å². The summed E-state index contributed by atoms with van der Waals surface area (Å²) in [4.78, 5) is 16.4. The van der Waals surface area contributed by atoms with E-state index in [9.17, 15) is 4.79 Å². The van der Waals surface area contributed by atoms with E-state index in [2.05, 4.69) is 34.5 Å². The molecule has 24 heavy (non-hydrogen) atoms. The van der Waals surface area contributed by atoms with Crippen LogP contribution in [0.5, 0.6) is 5.75 Å². The summed E-state index contributed by atoms with van der Waals surface area (Å²) in [5, 5.41) is 9.37. The van der Waals surface area contributed by atoms with Gasteiger partial charge in [0, 0.05) is 18.7 Å². The first kappa shape index (κ1) is 16.0. The Bertz CT molecular complexity index is 746. The molecule has 0 saturated heterocycles. The molecule has 3 rings (SSSR count). The number of amidine groups is 1. The number of aromatic nitrogens is 1. The second-order valence-corrected chi connectivity index (χ2v) is 5.72. The number of hydrazone groups is 1. The first-order valence-corrected chi connectivity index (χ1v) is 7.85. The summed E-state index contributed by atoms with van der Waals surface area (Å²) in [7, 11) is 1.56. The van der Waals surface area contributed by atoms with Crippen LogP contribution >= 0.6 is 0 Å². The molecule has 0 saturated carbocycles. The van der Waals surface area contributed by atoms with Crippen molar-refractivity contribution in [3.05, 3.63) is 59.9 Å². The Labute approximate surface area is 141 Å². The molecule has 0 bridgehead atoms. The van der Waals surface area contributed by atoms with Crippen LogP contribution in [0.4, 0.5) is 0 Å². The Morgan fingerprint density at radius 1 is 1.33 bits per heavy atom. The summed E-state index contributed by atoms with van der Waals surface area (Å²) in [6.45, 7) is 2.81. The van der Waals surface area contributed by atoms with Gasteiger partial charge in [-0.3, -0.25) is 14.8 Å². The first-order valence-electron chi connectivity index (χ1n) is 7.85. The van der Waals surface area contributed by atoms with Crippen molar-refractivity contribution in [3.8, 4) is 5.75 Å². The minimum absolute atomic E-state index is 0.235. The van der Waals surface area contributed by atoms with Crippen LogP contribution in [0.15, 0.2) is 53.8 Å². The summed E-state index contributed by atoms with van der Waals surface area (Å²) in [5.74, 6) is 0.983. The number of amides is 1. The minimum Gasteiger partial charge on any atom is -0.497 e. The maximum absolute atomic E-state index is 12.3. The molecule has 0 unspecified atom stereocenters. The second-order valence-electron chi connectivity index (χ2n) is 5.72. The normalized spacial score (nSPS) is 16.7. The molecule has 124 valence electrons. The van der Waals surface area contributed by atoms with Gasteiger partial charge in [0.1, 0.15) is 17.3 Å². The van der Waals surface area contributed by atoms with Gasteiger partial charge in [-0.25, -0.2) is 0 Å². The van der Waals surface area contributed by atoms with E-state index in [0.29, 0.717) is 23.7 Å². The van der Waals surface area contributed by atoms with E-state index in [1.165, 1.54) is 5.56 Å². The number of rotatable bonds is 4. The van der Waals surface area contributed by atoms with Gasteiger partial charge in [0.05, 0.1) is 19.7 Å². The molecule has 1 aliphatic rings. The molecule has 6 heteroatoms. The highest BCUT2D eigenvalue weighted by atomic mass is 16.5. The zero-order valence-corrected chi connectivity index (χ0v) is 13.8. The van der Waals surface area contributed by atoms with Crippen molar-refractivity contribution >= 4 is 11.7 Å². The topological polar surface area (TPSA) is 66.8 Å². The van der Waals surface area contributed by atoms with Crippen LogP contribution < -0.4 is 10.1 Å². The van der Waals surface area contributed by atoms with Gasteiger partial charge in [-0.1, -0.05) is 30.3 Å². The van der Waals surface area contributed by atoms with Crippen LogP contribution in [0.2, 0.25) is 0 Å². The summed E-state index contributed by atoms with van der Waals surface area (Å²) < 4.78 is 5.12. The second kappa shape index (κ2) is 7.12. The number of methoxy groups -OCH3 is 1. The lowest BCUT2D eigenvalue weighted by Crippen LogP contribution is -2.30. The Hall–Kier alpha value is -2.89. The third-order valence-corrected chi connectivity index (χ3v) is 3.89. The molecule has 1 aromatic carbocycles. The van der Waals surface area contributed by atoms with E-state index in [4.69, 9.17) is 4.74 Å². The summed E-state index contributed by atoms with van der Waals surface area (Å²) in [5.41, 5.74) is 1.50. The number of nitrogens with one attached hydrogen (secondary N) is 1. The molecule has 2 heterocycles. The van der Waals surface area contributed by atoms with Crippen molar-refractivity contribution in [1.82, 2.24) is 15.3 Å². The lowest BCUT2D eigenvalue weighted by Gasteiger charge is -2.19. The quantitative estimate of drug-likeness (QED) is 0.938.